The summed E-state index contributed by atoms with van der Waals surface area (Å²) >= 11 is 5.89. The van der Waals surface area contributed by atoms with Gasteiger partial charge in [-0.25, -0.2) is 0 Å². The Bertz CT molecular complexity index is 470. The molecule has 3 heterocycles. The number of hydrogen-bond acceptors (Lipinski definition) is 5. The van der Waals surface area contributed by atoms with Crippen molar-refractivity contribution >= 4 is 17.4 Å². The molecule has 2 aliphatic rings. The van der Waals surface area contributed by atoms with Crippen molar-refractivity contribution in [1.29, 1.82) is 0 Å². The Kier molecular flexibility index (Phi) is 3.60. The summed E-state index contributed by atoms with van der Waals surface area (Å²) in [4.78, 5) is 4.68. The van der Waals surface area contributed by atoms with Crippen molar-refractivity contribution in [2.75, 3.05) is 38.2 Å². The lowest BCUT2D eigenvalue weighted by atomic mass is 9.99. The van der Waals surface area contributed by atoms with Gasteiger partial charge in [0.05, 0.1) is 18.8 Å². The molecule has 1 aromatic heterocycles. The smallest absolute Gasteiger partial charge is 0.154 e. The molecular formula is C13H19ClN4O. The fourth-order valence-electron chi connectivity index (χ4n) is 3.02. The minimum absolute atomic E-state index is 0.307. The molecule has 0 N–H and O–H groups in total. The van der Waals surface area contributed by atoms with Gasteiger partial charge in [0.15, 0.2) is 11.0 Å². The molecule has 0 aliphatic carbocycles. The molecule has 104 valence electrons. The number of rotatable bonds is 1. The van der Waals surface area contributed by atoms with E-state index in [1.807, 2.05) is 13.0 Å². The molecule has 0 amide bonds. The highest BCUT2D eigenvalue weighted by Gasteiger charge is 2.37. The molecule has 5 nitrogen and oxygen atoms in total. The first-order valence-corrected chi connectivity index (χ1v) is 7.09. The summed E-state index contributed by atoms with van der Waals surface area (Å²) < 4.78 is 5.90. The molecule has 0 bridgehead atoms. The second kappa shape index (κ2) is 5.23. The maximum Gasteiger partial charge on any atom is 0.154 e. The monoisotopic (exact) mass is 282 g/mol. The number of anilines is 1. The summed E-state index contributed by atoms with van der Waals surface area (Å²) in [7, 11) is 2.16. The summed E-state index contributed by atoms with van der Waals surface area (Å²) in [5.74, 6) is 0.943. The van der Waals surface area contributed by atoms with E-state index in [1.54, 1.807) is 0 Å². The summed E-state index contributed by atoms with van der Waals surface area (Å²) in [6.45, 7) is 5.77. The molecule has 1 aromatic rings. The molecule has 0 saturated carbocycles. The molecule has 0 aromatic carbocycles. The van der Waals surface area contributed by atoms with Crippen LogP contribution < -0.4 is 4.90 Å². The Morgan fingerprint density at radius 1 is 1.37 bits per heavy atom. The summed E-state index contributed by atoms with van der Waals surface area (Å²) in [6.07, 6.45) is 1.39. The van der Waals surface area contributed by atoms with Gasteiger partial charge in [-0.15, -0.1) is 10.2 Å². The zero-order valence-electron chi connectivity index (χ0n) is 11.3. The van der Waals surface area contributed by atoms with E-state index in [0.29, 0.717) is 17.3 Å². The number of ether oxygens (including phenoxy) is 1. The fraction of sp³-hybridized carbons (Fsp3) is 0.692. The van der Waals surface area contributed by atoms with Gasteiger partial charge in [-0.2, -0.15) is 0 Å². The van der Waals surface area contributed by atoms with Crippen molar-refractivity contribution in [2.45, 2.75) is 25.5 Å². The lowest BCUT2D eigenvalue weighted by Crippen LogP contribution is -2.59. The van der Waals surface area contributed by atoms with E-state index in [-0.39, 0.29) is 0 Å². The SMILES string of the molecule is Cc1cc(Cl)nnc1N1CCO[C@@H]2CCN(C)C[C@@H]21. The number of likely N-dealkylation sites (tertiary alicyclic amines) is 1. The number of aromatic nitrogens is 2. The predicted molar refractivity (Wildman–Crippen MR) is 74.8 cm³/mol. The Labute approximate surface area is 118 Å². The Morgan fingerprint density at radius 2 is 2.21 bits per heavy atom. The van der Waals surface area contributed by atoms with Crippen LogP contribution in [0.25, 0.3) is 0 Å². The summed E-state index contributed by atoms with van der Waals surface area (Å²) in [5.41, 5.74) is 1.08. The van der Waals surface area contributed by atoms with Gasteiger partial charge in [-0.3, -0.25) is 0 Å². The fourth-order valence-corrected chi connectivity index (χ4v) is 3.22. The Morgan fingerprint density at radius 3 is 3.00 bits per heavy atom. The molecular weight excluding hydrogens is 264 g/mol. The lowest BCUT2D eigenvalue weighted by Gasteiger charge is -2.46. The van der Waals surface area contributed by atoms with E-state index in [4.69, 9.17) is 16.3 Å². The van der Waals surface area contributed by atoms with Crippen LogP contribution in [0.1, 0.15) is 12.0 Å². The standard InChI is InChI=1S/C13H19ClN4O/c1-9-7-12(14)15-16-13(9)18-5-6-19-11-3-4-17(2)8-10(11)18/h7,10-11H,3-6,8H2,1-2H3/t10-,11+/m0/s1. The van der Waals surface area contributed by atoms with Crippen molar-refractivity contribution in [3.63, 3.8) is 0 Å². The first kappa shape index (κ1) is 13.1. The van der Waals surface area contributed by atoms with Gasteiger partial charge in [0.1, 0.15) is 0 Å². The summed E-state index contributed by atoms with van der Waals surface area (Å²) in [5, 5.41) is 8.73. The third-order valence-corrected chi connectivity index (χ3v) is 4.17. The van der Waals surface area contributed by atoms with Crippen molar-refractivity contribution in [1.82, 2.24) is 15.1 Å². The molecule has 2 aliphatic heterocycles. The second-order valence-electron chi connectivity index (χ2n) is 5.39. The lowest BCUT2D eigenvalue weighted by molar-refractivity contribution is -0.0246. The number of halogens is 1. The maximum atomic E-state index is 5.90. The molecule has 6 heteroatoms. The van der Waals surface area contributed by atoms with Gasteiger partial charge < -0.3 is 14.5 Å². The van der Waals surface area contributed by atoms with Gasteiger partial charge in [0.25, 0.3) is 0 Å². The highest BCUT2D eigenvalue weighted by molar-refractivity contribution is 6.29. The highest BCUT2D eigenvalue weighted by atomic mass is 35.5. The molecule has 0 unspecified atom stereocenters. The van der Waals surface area contributed by atoms with Gasteiger partial charge in [-0.1, -0.05) is 11.6 Å². The Hall–Kier alpha value is -0.910. The normalized spacial score (nSPS) is 28.3. The van der Waals surface area contributed by atoms with E-state index in [9.17, 15) is 0 Å². The molecule has 2 fully saturated rings. The van der Waals surface area contributed by atoms with Gasteiger partial charge in [0, 0.05) is 19.6 Å². The molecule has 2 atom stereocenters. The van der Waals surface area contributed by atoms with Crippen LogP contribution in [-0.4, -0.2) is 60.5 Å². The van der Waals surface area contributed by atoms with Crippen LogP contribution in [0.4, 0.5) is 5.82 Å². The van der Waals surface area contributed by atoms with E-state index < -0.39 is 0 Å². The van der Waals surface area contributed by atoms with Crippen LogP contribution in [0.5, 0.6) is 0 Å². The first-order valence-electron chi connectivity index (χ1n) is 6.72. The zero-order valence-corrected chi connectivity index (χ0v) is 12.1. The van der Waals surface area contributed by atoms with Gasteiger partial charge in [0.2, 0.25) is 0 Å². The van der Waals surface area contributed by atoms with Crippen molar-refractivity contribution in [3.05, 3.63) is 16.8 Å². The van der Waals surface area contributed by atoms with Crippen LogP contribution in [0, 0.1) is 6.92 Å². The quantitative estimate of drug-likeness (QED) is 0.778. The summed E-state index contributed by atoms with van der Waals surface area (Å²) in [6, 6.07) is 2.24. The predicted octanol–water partition coefficient (Wildman–Crippen LogP) is 1.35. The first-order chi connectivity index (χ1) is 9.15. The molecule has 19 heavy (non-hydrogen) atoms. The average molecular weight is 283 g/mol. The zero-order chi connectivity index (χ0) is 13.4. The third kappa shape index (κ3) is 2.55. The third-order valence-electron chi connectivity index (χ3n) is 3.99. The largest absolute Gasteiger partial charge is 0.374 e. The Balaban J connectivity index is 1.89. The van der Waals surface area contributed by atoms with Crippen LogP contribution in [0.3, 0.4) is 0 Å². The number of aryl methyl sites for hydroxylation is 1. The van der Waals surface area contributed by atoms with E-state index in [1.165, 1.54) is 0 Å². The average Bonchev–Trinajstić information content (AvgIpc) is 2.38. The van der Waals surface area contributed by atoms with E-state index in [2.05, 4.69) is 27.0 Å². The number of likely N-dealkylation sites (N-methyl/N-ethyl adjacent to an activating group) is 1. The molecule has 0 spiro atoms. The van der Waals surface area contributed by atoms with E-state index >= 15 is 0 Å². The van der Waals surface area contributed by atoms with Crippen molar-refractivity contribution in [3.8, 4) is 0 Å². The number of nitrogens with zero attached hydrogens (tertiary/aromatic N) is 4. The maximum absolute atomic E-state index is 5.90. The minimum Gasteiger partial charge on any atom is -0.374 e. The number of hydrogen-bond donors (Lipinski definition) is 0. The van der Waals surface area contributed by atoms with Crippen LogP contribution in [0.15, 0.2) is 6.07 Å². The van der Waals surface area contributed by atoms with Gasteiger partial charge in [-0.05, 0) is 32.0 Å². The molecule has 2 saturated heterocycles. The number of piperidine rings is 1. The molecule has 3 rings (SSSR count). The highest BCUT2D eigenvalue weighted by Crippen LogP contribution is 2.28. The van der Waals surface area contributed by atoms with Gasteiger partial charge >= 0.3 is 0 Å². The van der Waals surface area contributed by atoms with Crippen molar-refractivity contribution in [2.24, 2.45) is 0 Å². The number of morpholine rings is 1. The molecule has 0 radical (unpaired) electrons. The minimum atomic E-state index is 0.307. The van der Waals surface area contributed by atoms with Crippen LogP contribution in [-0.2, 0) is 4.74 Å². The number of fused-ring (bicyclic) bond motifs is 1. The van der Waals surface area contributed by atoms with Crippen molar-refractivity contribution < 1.29 is 4.74 Å². The second-order valence-corrected chi connectivity index (χ2v) is 5.78. The van der Waals surface area contributed by atoms with E-state index in [0.717, 1.165) is 44.0 Å². The van der Waals surface area contributed by atoms with Crippen LogP contribution in [0.2, 0.25) is 5.15 Å². The van der Waals surface area contributed by atoms with Crippen LogP contribution >= 0.6 is 11.6 Å². The topological polar surface area (TPSA) is 41.5 Å².